The van der Waals surface area contributed by atoms with Gasteiger partial charge in [0.25, 0.3) is 0 Å². The number of hydrogen-bond acceptors (Lipinski definition) is 3. The van der Waals surface area contributed by atoms with Crippen molar-refractivity contribution in [2.45, 2.75) is 46.0 Å². The highest BCUT2D eigenvalue weighted by atomic mass is 16.5. The molecule has 1 rings (SSSR count). The Bertz CT molecular complexity index is 208. The fourth-order valence-corrected chi connectivity index (χ4v) is 2.15. The summed E-state index contributed by atoms with van der Waals surface area (Å²) in [4.78, 5) is 11.9. The van der Waals surface area contributed by atoms with E-state index in [0.29, 0.717) is 13.2 Å². The Labute approximate surface area is 92.4 Å². The molecule has 0 bridgehead atoms. The number of hydrogen-bond donors (Lipinski definition) is 1. The lowest BCUT2D eigenvalue weighted by atomic mass is 9.71. The van der Waals surface area contributed by atoms with Gasteiger partial charge in [0, 0.05) is 6.54 Å². The molecule has 15 heavy (non-hydrogen) atoms. The SMILES string of the molecule is CCCOC(=O)C1(CN)CCC(C)CC1. The third kappa shape index (κ3) is 2.94. The molecule has 2 N–H and O–H groups in total. The zero-order valence-electron chi connectivity index (χ0n) is 9.92. The molecule has 1 aliphatic carbocycles. The van der Waals surface area contributed by atoms with Gasteiger partial charge in [0.05, 0.1) is 12.0 Å². The molecule has 0 aliphatic heterocycles. The molecular formula is C12H23NO2. The van der Waals surface area contributed by atoms with E-state index in [-0.39, 0.29) is 11.4 Å². The van der Waals surface area contributed by atoms with E-state index in [1.807, 2.05) is 6.92 Å². The lowest BCUT2D eigenvalue weighted by molar-refractivity contribution is -0.158. The van der Waals surface area contributed by atoms with E-state index in [2.05, 4.69) is 6.92 Å². The molecule has 1 fully saturated rings. The zero-order chi connectivity index (χ0) is 11.3. The molecule has 88 valence electrons. The molecule has 0 spiro atoms. The van der Waals surface area contributed by atoms with E-state index in [1.165, 1.54) is 0 Å². The summed E-state index contributed by atoms with van der Waals surface area (Å²) in [5.74, 6) is 0.655. The summed E-state index contributed by atoms with van der Waals surface area (Å²) in [5, 5.41) is 0. The first kappa shape index (κ1) is 12.5. The fraction of sp³-hybridized carbons (Fsp3) is 0.917. The highest BCUT2D eigenvalue weighted by Crippen LogP contribution is 2.39. The Morgan fingerprint density at radius 2 is 2.07 bits per heavy atom. The lowest BCUT2D eigenvalue weighted by Gasteiger charge is -2.36. The third-order valence-electron chi connectivity index (χ3n) is 3.49. The normalized spacial score (nSPS) is 31.3. The predicted octanol–water partition coefficient (Wildman–Crippen LogP) is 2.09. The van der Waals surface area contributed by atoms with Gasteiger partial charge >= 0.3 is 5.97 Å². The Balaban J connectivity index is 2.56. The Kier molecular flexibility index (Phi) is 4.58. The van der Waals surface area contributed by atoms with Crippen LogP contribution in [-0.2, 0) is 9.53 Å². The van der Waals surface area contributed by atoms with Crippen molar-refractivity contribution in [1.29, 1.82) is 0 Å². The van der Waals surface area contributed by atoms with Crippen molar-refractivity contribution in [1.82, 2.24) is 0 Å². The minimum Gasteiger partial charge on any atom is -0.465 e. The van der Waals surface area contributed by atoms with E-state index < -0.39 is 0 Å². The van der Waals surface area contributed by atoms with E-state index in [1.54, 1.807) is 0 Å². The molecular weight excluding hydrogens is 190 g/mol. The maximum absolute atomic E-state index is 11.9. The van der Waals surface area contributed by atoms with Crippen LogP contribution >= 0.6 is 0 Å². The van der Waals surface area contributed by atoms with Gasteiger partial charge in [-0.25, -0.2) is 0 Å². The van der Waals surface area contributed by atoms with Gasteiger partial charge in [0.1, 0.15) is 0 Å². The van der Waals surface area contributed by atoms with Crippen LogP contribution in [0, 0.1) is 11.3 Å². The van der Waals surface area contributed by atoms with Crippen LogP contribution in [0.2, 0.25) is 0 Å². The van der Waals surface area contributed by atoms with Crippen LogP contribution < -0.4 is 5.73 Å². The van der Waals surface area contributed by atoms with Crippen molar-refractivity contribution < 1.29 is 9.53 Å². The van der Waals surface area contributed by atoms with Crippen LogP contribution in [0.15, 0.2) is 0 Å². The Morgan fingerprint density at radius 1 is 1.47 bits per heavy atom. The highest BCUT2D eigenvalue weighted by molar-refractivity contribution is 5.77. The van der Waals surface area contributed by atoms with E-state index in [0.717, 1.165) is 38.0 Å². The summed E-state index contributed by atoms with van der Waals surface area (Å²) in [7, 11) is 0. The molecule has 0 aromatic carbocycles. The van der Waals surface area contributed by atoms with Crippen molar-refractivity contribution in [3.05, 3.63) is 0 Å². The number of carbonyl (C=O) groups excluding carboxylic acids is 1. The highest BCUT2D eigenvalue weighted by Gasteiger charge is 2.41. The molecule has 3 heteroatoms. The molecule has 1 aliphatic rings. The first-order valence-corrected chi connectivity index (χ1v) is 6.02. The molecule has 0 atom stereocenters. The minimum absolute atomic E-state index is 0.0706. The van der Waals surface area contributed by atoms with Crippen LogP contribution in [0.25, 0.3) is 0 Å². The average Bonchev–Trinajstić information content (AvgIpc) is 2.27. The molecule has 0 radical (unpaired) electrons. The molecule has 3 nitrogen and oxygen atoms in total. The average molecular weight is 213 g/mol. The van der Waals surface area contributed by atoms with Gasteiger partial charge in [-0.1, -0.05) is 13.8 Å². The van der Waals surface area contributed by atoms with Gasteiger partial charge in [0.2, 0.25) is 0 Å². The maximum Gasteiger partial charge on any atom is 0.313 e. The number of ether oxygens (including phenoxy) is 1. The monoisotopic (exact) mass is 213 g/mol. The molecule has 0 amide bonds. The standard InChI is InChI=1S/C12H23NO2/c1-3-8-15-11(14)12(9-13)6-4-10(2)5-7-12/h10H,3-9,13H2,1-2H3. The van der Waals surface area contributed by atoms with Crippen LogP contribution in [-0.4, -0.2) is 19.1 Å². The second kappa shape index (κ2) is 5.50. The number of rotatable bonds is 4. The van der Waals surface area contributed by atoms with E-state index in [4.69, 9.17) is 10.5 Å². The van der Waals surface area contributed by atoms with Gasteiger partial charge in [-0.05, 0) is 38.0 Å². The minimum atomic E-state index is -0.373. The van der Waals surface area contributed by atoms with Gasteiger partial charge in [-0.3, -0.25) is 4.79 Å². The molecule has 0 aromatic heterocycles. The summed E-state index contributed by atoms with van der Waals surface area (Å²) in [6.45, 7) is 5.20. The third-order valence-corrected chi connectivity index (χ3v) is 3.49. The lowest BCUT2D eigenvalue weighted by Crippen LogP contribution is -2.42. The molecule has 0 saturated heterocycles. The molecule has 1 saturated carbocycles. The quantitative estimate of drug-likeness (QED) is 0.727. The van der Waals surface area contributed by atoms with Crippen LogP contribution in [0.5, 0.6) is 0 Å². The van der Waals surface area contributed by atoms with Crippen molar-refractivity contribution >= 4 is 5.97 Å². The van der Waals surface area contributed by atoms with Gasteiger partial charge in [-0.2, -0.15) is 0 Å². The smallest absolute Gasteiger partial charge is 0.313 e. The summed E-state index contributed by atoms with van der Waals surface area (Å²) in [5.41, 5.74) is 5.38. The molecule has 0 aromatic rings. The van der Waals surface area contributed by atoms with E-state index in [9.17, 15) is 4.79 Å². The summed E-state index contributed by atoms with van der Waals surface area (Å²) >= 11 is 0. The number of nitrogens with two attached hydrogens (primary N) is 1. The second-order valence-electron chi connectivity index (χ2n) is 4.80. The first-order valence-electron chi connectivity index (χ1n) is 6.02. The van der Waals surface area contributed by atoms with Crippen LogP contribution in [0.1, 0.15) is 46.0 Å². The van der Waals surface area contributed by atoms with E-state index >= 15 is 0 Å². The largest absolute Gasteiger partial charge is 0.465 e. The van der Waals surface area contributed by atoms with Crippen molar-refractivity contribution in [2.75, 3.05) is 13.2 Å². The summed E-state index contributed by atoms with van der Waals surface area (Å²) in [6.07, 6.45) is 4.86. The van der Waals surface area contributed by atoms with Gasteiger partial charge in [0.15, 0.2) is 0 Å². The van der Waals surface area contributed by atoms with Crippen LogP contribution in [0.3, 0.4) is 0 Å². The van der Waals surface area contributed by atoms with Crippen molar-refractivity contribution in [3.8, 4) is 0 Å². The molecule has 0 unspecified atom stereocenters. The maximum atomic E-state index is 11.9. The predicted molar refractivity (Wildman–Crippen MR) is 60.4 cm³/mol. The number of carbonyl (C=O) groups is 1. The van der Waals surface area contributed by atoms with Gasteiger partial charge in [-0.15, -0.1) is 0 Å². The van der Waals surface area contributed by atoms with Crippen molar-refractivity contribution in [3.63, 3.8) is 0 Å². The first-order chi connectivity index (χ1) is 7.14. The Hall–Kier alpha value is -0.570. The topological polar surface area (TPSA) is 52.3 Å². The second-order valence-corrected chi connectivity index (χ2v) is 4.80. The fourth-order valence-electron chi connectivity index (χ4n) is 2.15. The van der Waals surface area contributed by atoms with Crippen LogP contribution in [0.4, 0.5) is 0 Å². The summed E-state index contributed by atoms with van der Waals surface area (Å²) in [6, 6.07) is 0. The van der Waals surface area contributed by atoms with Crippen molar-refractivity contribution in [2.24, 2.45) is 17.1 Å². The van der Waals surface area contributed by atoms with Gasteiger partial charge < -0.3 is 10.5 Å². The number of esters is 1. The zero-order valence-corrected chi connectivity index (χ0v) is 9.92. The Morgan fingerprint density at radius 3 is 2.53 bits per heavy atom. The molecule has 0 heterocycles. The summed E-state index contributed by atoms with van der Waals surface area (Å²) < 4.78 is 5.24.